The topological polar surface area (TPSA) is 92.9 Å². The van der Waals surface area contributed by atoms with Crippen molar-refractivity contribution >= 4 is 60.9 Å². The van der Waals surface area contributed by atoms with Gasteiger partial charge >= 0.3 is 0 Å². The van der Waals surface area contributed by atoms with Crippen LogP contribution >= 0.6 is 22.9 Å². The zero-order chi connectivity index (χ0) is 28.3. The summed E-state index contributed by atoms with van der Waals surface area (Å²) in [4.78, 5) is 33.7. The van der Waals surface area contributed by atoms with Gasteiger partial charge in [-0.1, -0.05) is 80.1 Å². The summed E-state index contributed by atoms with van der Waals surface area (Å²) in [7, 11) is 1.52. The third kappa shape index (κ3) is 4.24. The SMILES string of the molecule is COc1cccc2cc(C(=O)C3=C(O)C(=O)N(c4nc5ccc(Cl)cc5s4)C3c3ccc(C(C)(C)C)cc3)oc12. The molecule has 40 heavy (non-hydrogen) atoms. The molecule has 9 heteroatoms. The van der Waals surface area contributed by atoms with E-state index in [9.17, 15) is 14.7 Å². The first kappa shape index (κ1) is 26.1. The molecule has 6 rings (SSSR count). The number of para-hydroxylation sites is 1. The number of thiazole rings is 1. The Bertz CT molecular complexity index is 1850. The van der Waals surface area contributed by atoms with E-state index in [4.69, 9.17) is 20.8 Å². The summed E-state index contributed by atoms with van der Waals surface area (Å²) in [5.41, 5.74) is 2.63. The number of hydrogen-bond acceptors (Lipinski definition) is 7. The van der Waals surface area contributed by atoms with Gasteiger partial charge in [0.15, 0.2) is 28.0 Å². The molecule has 1 aliphatic heterocycles. The van der Waals surface area contributed by atoms with Gasteiger partial charge in [-0.05, 0) is 46.9 Å². The number of fused-ring (bicyclic) bond motifs is 2. The molecule has 1 aliphatic rings. The monoisotopic (exact) mass is 572 g/mol. The molecule has 3 heterocycles. The normalized spacial score (nSPS) is 16.0. The van der Waals surface area contributed by atoms with E-state index in [0.29, 0.717) is 38.0 Å². The zero-order valence-electron chi connectivity index (χ0n) is 22.2. The molecule has 2 aromatic heterocycles. The predicted molar refractivity (Wildman–Crippen MR) is 157 cm³/mol. The van der Waals surface area contributed by atoms with E-state index in [2.05, 4.69) is 25.8 Å². The maximum Gasteiger partial charge on any atom is 0.296 e. The first-order chi connectivity index (χ1) is 19.1. The van der Waals surface area contributed by atoms with Crippen LogP contribution in [0, 0.1) is 0 Å². The van der Waals surface area contributed by atoms with Gasteiger partial charge < -0.3 is 14.3 Å². The molecule has 3 aromatic carbocycles. The van der Waals surface area contributed by atoms with Gasteiger partial charge in [-0.15, -0.1) is 0 Å². The molecule has 0 radical (unpaired) electrons. The van der Waals surface area contributed by atoms with E-state index in [1.165, 1.54) is 23.3 Å². The van der Waals surface area contributed by atoms with Crippen LogP contribution in [0.1, 0.15) is 48.5 Å². The van der Waals surface area contributed by atoms with E-state index >= 15 is 0 Å². The molecular formula is C31H25ClN2O5S. The second-order valence-corrected chi connectivity index (χ2v) is 12.1. The fourth-order valence-electron chi connectivity index (χ4n) is 4.95. The Labute approximate surface area is 239 Å². The lowest BCUT2D eigenvalue weighted by Gasteiger charge is -2.25. The maximum atomic E-state index is 14.0. The van der Waals surface area contributed by atoms with Crippen LogP contribution in [-0.4, -0.2) is 28.9 Å². The average Bonchev–Trinajstić information content (AvgIpc) is 3.61. The van der Waals surface area contributed by atoms with Crippen LogP contribution < -0.4 is 9.64 Å². The van der Waals surface area contributed by atoms with E-state index in [-0.39, 0.29) is 16.7 Å². The number of aliphatic hydroxyl groups excluding tert-OH is 1. The number of amides is 1. The van der Waals surface area contributed by atoms with Crippen molar-refractivity contribution in [2.45, 2.75) is 32.2 Å². The fourth-order valence-corrected chi connectivity index (χ4v) is 6.21. The third-order valence-corrected chi connectivity index (χ3v) is 8.29. The number of nitrogens with zero attached hydrogens (tertiary/aromatic N) is 2. The second-order valence-electron chi connectivity index (χ2n) is 10.6. The molecule has 0 bridgehead atoms. The molecule has 202 valence electrons. The molecule has 1 unspecified atom stereocenters. The molecule has 0 fully saturated rings. The largest absolute Gasteiger partial charge is 0.503 e. The van der Waals surface area contributed by atoms with Crippen LogP contribution in [0.5, 0.6) is 5.75 Å². The van der Waals surface area contributed by atoms with Crippen molar-refractivity contribution in [1.29, 1.82) is 0 Å². The first-order valence-electron chi connectivity index (χ1n) is 12.6. The Kier molecular flexibility index (Phi) is 6.20. The molecule has 0 saturated heterocycles. The lowest BCUT2D eigenvalue weighted by Crippen LogP contribution is -2.31. The van der Waals surface area contributed by atoms with Crippen molar-refractivity contribution in [1.82, 2.24) is 4.98 Å². The van der Waals surface area contributed by atoms with Crippen LogP contribution in [0.15, 0.2) is 82.5 Å². The number of methoxy groups -OCH3 is 1. The summed E-state index contributed by atoms with van der Waals surface area (Å²) in [6.07, 6.45) is 0. The second kappa shape index (κ2) is 9.50. The summed E-state index contributed by atoms with van der Waals surface area (Å²) < 4.78 is 12.1. The lowest BCUT2D eigenvalue weighted by molar-refractivity contribution is -0.117. The number of ether oxygens (including phenoxy) is 1. The maximum absolute atomic E-state index is 14.0. The van der Waals surface area contributed by atoms with Crippen LogP contribution in [0.3, 0.4) is 0 Å². The number of halogens is 1. The van der Waals surface area contributed by atoms with E-state index in [1.54, 1.807) is 42.5 Å². The standard InChI is InChI=1S/C31H25ClN2O5S/c1-31(2,3)18-10-8-16(9-11-18)25-24(26(35)22-14-17-6-5-7-21(38-4)28(17)39-22)27(36)29(37)34(25)30-33-20-13-12-19(32)15-23(20)40-30/h5-15,25,36H,1-4H3. The Balaban J connectivity index is 1.51. The highest BCUT2D eigenvalue weighted by molar-refractivity contribution is 7.22. The van der Waals surface area contributed by atoms with Gasteiger partial charge in [0.25, 0.3) is 5.91 Å². The molecule has 7 nitrogen and oxygen atoms in total. The van der Waals surface area contributed by atoms with Crippen molar-refractivity contribution in [3.05, 3.63) is 100.0 Å². The third-order valence-electron chi connectivity index (χ3n) is 7.04. The highest BCUT2D eigenvalue weighted by Gasteiger charge is 2.46. The number of benzene rings is 3. The van der Waals surface area contributed by atoms with Crippen molar-refractivity contribution < 1.29 is 23.8 Å². The molecule has 1 N–H and O–H groups in total. The van der Waals surface area contributed by atoms with Crippen LogP contribution in [0.25, 0.3) is 21.2 Å². The van der Waals surface area contributed by atoms with Gasteiger partial charge in [0, 0.05) is 10.4 Å². The smallest absolute Gasteiger partial charge is 0.296 e. The Morgan fingerprint density at radius 1 is 1.10 bits per heavy atom. The average molecular weight is 573 g/mol. The highest BCUT2D eigenvalue weighted by atomic mass is 35.5. The van der Waals surface area contributed by atoms with Crippen LogP contribution in [0.2, 0.25) is 5.02 Å². The fraction of sp³-hybridized carbons (Fsp3) is 0.194. The van der Waals surface area contributed by atoms with Crippen LogP contribution in [-0.2, 0) is 10.2 Å². The quantitative estimate of drug-likeness (QED) is 0.216. The molecule has 0 saturated carbocycles. The minimum Gasteiger partial charge on any atom is -0.503 e. The number of rotatable bonds is 5. The first-order valence-corrected chi connectivity index (χ1v) is 13.8. The molecule has 0 aliphatic carbocycles. The number of ketones is 1. The summed E-state index contributed by atoms with van der Waals surface area (Å²) in [5.74, 6) is -1.49. The summed E-state index contributed by atoms with van der Waals surface area (Å²) in [5, 5.41) is 12.7. The van der Waals surface area contributed by atoms with Gasteiger partial charge in [-0.3, -0.25) is 14.5 Å². The summed E-state index contributed by atoms with van der Waals surface area (Å²) >= 11 is 7.45. The van der Waals surface area contributed by atoms with Gasteiger partial charge in [0.05, 0.1) is 28.9 Å². The molecule has 1 amide bonds. The van der Waals surface area contributed by atoms with E-state index < -0.39 is 23.5 Å². The number of furan rings is 1. The minimum atomic E-state index is -0.930. The number of carbonyl (C=O) groups excluding carboxylic acids is 2. The molecule has 5 aromatic rings. The predicted octanol–water partition coefficient (Wildman–Crippen LogP) is 7.78. The Morgan fingerprint density at radius 2 is 1.85 bits per heavy atom. The van der Waals surface area contributed by atoms with Gasteiger partial charge in [0.2, 0.25) is 5.78 Å². The summed E-state index contributed by atoms with van der Waals surface area (Å²) in [6, 6.07) is 19.0. The Morgan fingerprint density at radius 3 is 2.55 bits per heavy atom. The number of anilines is 1. The van der Waals surface area contributed by atoms with Gasteiger partial charge in [0.1, 0.15) is 0 Å². The highest BCUT2D eigenvalue weighted by Crippen LogP contribution is 2.45. The van der Waals surface area contributed by atoms with Gasteiger partial charge in [-0.2, -0.15) is 0 Å². The van der Waals surface area contributed by atoms with Crippen molar-refractivity contribution in [3.8, 4) is 5.75 Å². The van der Waals surface area contributed by atoms with Crippen molar-refractivity contribution in [2.24, 2.45) is 0 Å². The molecule has 1 atom stereocenters. The Hall–Kier alpha value is -4.14. The summed E-state index contributed by atoms with van der Waals surface area (Å²) in [6.45, 7) is 6.32. The van der Waals surface area contributed by atoms with Crippen molar-refractivity contribution in [3.63, 3.8) is 0 Å². The number of hydrogen-bond donors (Lipinski definition) is 1. The van der Waals surface area contributed by atoms with E-state index in [1.807, 2.05) is 24.3 Å². The number of carbonyl (C=O) groups is 2. The molecular weight excluding hydrogens is 548 g/mol. The van der Waals surface area contributed by atoms with Gasteiger partial charge in [-0.25, -0.2) is 4.98 Å². The minimum absolute atomic E-state index is 0.0110. The number of Topliss-reactive ketones (excluding diaryl/α,β-unsaturated/α-hetero) is 1. The lowest BCUT2D eigenvalue weighted by atomic mass is 9.85. The van der Waals surface area contributed by atoms with Crippen LogP contribution in [0.4, 0.5) is 5.13 Å². The molecule has 0 spiro atoms. The number of aliphatic hydroxyl groups is 1. The number of aromatic nitrogens is 1. The van der Waals surface area contributed by atoms with Crippen molar-refractivity contribution in [2.75, 3.05) is 12.0 Å². The van der Waals surface area contributed by atoms with E-state index in [0.717, 1.165) is 10.3 Å². The zero-order valence-corrected chi connectivity index (χ0v) is 23.8.